The van der Waals surface area contributed by atoms with Crippen molar-refractivity contribution in [3.63, 3.8) is 0 Å². The Morgan fingerprint density at radius 1 is 1.13 bits per heavy atom. The van der Waals surface area contributed by atoms with Crippen LogP contribution in [0.25, 0.3) is 0 Å². The Kier molecular flexibility index (Phi) is 15.3. The van der Waals surface area contributed by atoms with Gasteiger partial charge in [-0.05, 0) is 25.7 Å². The fourth-order valence-electron chi connectivity index (χ4n) is 1.90. The van der Waals surface area contributed by atoms with Gasteiger partial charge in [-0.3, -0.25) is 4.99 Å². The van der Waals surface area contributed by atoms with E-state index in [0.29, 0.717) is 30.9 Å². The number of ether oxygens (including phenoxy) is 1. The van der Waals surface area contributed by atoms with Crippen LogP contribution in [-0.2, 0) is 4.74 Å². The molecule has 0 heterocycles. The summed E-state index contributed by atoms with van der Waals surface area (Å²) in [5.41, 5.74) is 0. The van der Waals surface area contributed by atoms with Gasteiger partial charge >= 0.3 is 6.18 Å². The summed E-state index contributed by atoms with van der Waals surface area (Å²) in [5.74, 6) is 1.38. The summed E-state index contributed by atoms with van der Waals surface area (Å²) in [6, 6.07) is 0.312. The van der Waals surface area contributed by atoms with Crippen molar-refractivity contribution in [1.29, 1.82) is 0 Å². The first-order valence-electron chi connectivity index (χ1n) is 7.86. The number of hydrogen-bond acceptors (Lipinski definition) is 2. The van der Waals surface area contributed by atoms with Crippen LogP contribution in [-0.4, -0.2) is 45.0 Å². The molecule has 0 spiro atoms. The van der Waals surface area contributed by atoms with Crippen LogP contribution in [0.15, 0.2) is 4.99 Å². The molecule has 0 rings (SSSR count). The molecule has 2 N–H and O–H groups in total. The second kappa shape index (κ2) is 14.1. The van der Waals surface area contributed by atoms with Crippen molar-refractivity contribution >= 4 is 29.9 Å². The van der Waals surface area contributed by atoms with Gasteiger partial charge < -0.3 is 15.4 Å². The number of nitrogens with one attached hydrogen (secondary N) is 2. The lowest BCUT2D eigenvalue weighted by Gasteiger charge is -2.18. The highest BCUT2D eigenvalue weighted by molar-refractivity contribution is 14.0. The molecule has 0 aromatic carbocycles. The van der Waals surface area contributed by atoms with Gasteiger partial charge in [-0.1, -0.05) is 26.7 Å². The maximum absolute atomic E-state index is 11.9. The van der Waals surface area contributed by atoms with Crippen molar-refractivity contribution in [3.8, 4) is 0 Å². The van der Waals surface area contributed by atoms with Gasteiger partial charge in [-0.15, -0.1) is 24.0 Å². The van der Waals surface area contributed by atoms with Crippen LogP contribution in [0.3, 0.4) is 0 Å². The lowest BCUT2D eigenvalue weighted by molar-refractivity contribution is -0.173. The van der Waals surface area contributed by atoms with Gasteiger partial charge in [-0.2, -0.15) is 13.2 Å². The Hall–Kier alpha value is -0.250. The van der Waals surface area contributed by atoms with Crippen LogP contribution in [0.1, 0.15) is 46.5 Å². The first kappa shape index (κ1) is 25.0. The first-order chi connectivity index (χ1) is 10.2. The molecule has 8 heteroatoms. The number of halogens is 4. The zero-order chi connectivity index (χ0) is 17.0. The highest BCUT2D eigenvalue weighted by atomic mass is 127. The topological polar surface area (TPSA) is 45.7 Å². The third-order valence-corrected chi connectivity index (χ3v) is 3.05. The summed E-state index contributed by atoms with van der Waals surface area (Å²) >= 11 is 0. The van der Waals surface area contributed by atoms with Gasteiger partial charge in [0, 0.05) is 26.2 Å². The zero-order valence-corrected chi connectivity index (χ0v) is 16.8. The van der Waals surface area contributed by atoms with Crippen molar-refractivity contribution in [1.82, 2.24) is 10.6 Å². The van der Waals surface area contributed by atoms with E-state index in [4.69, 9.17) is 0 Å². The monoisotopic (exact) mass is 453 g/mol. The normalized spacial score (nSPS) is 13.7. The molecule has 0 aliphatic carbocycles. The lowest BCUT2D eigenvalue weighted by atomic mass is 10.0. The number of rotatable bonds is 10. The van der Waals surface area contributed by atoms with Crippen molar-refractivity contribution in [3.05, 3.63) is 0 Å². The highest BCUT2D eigenvalue weighted by Gasteiger charge is 2.27. The largest absolute Gasteiger partial charge is 0.411 e. The molecule has 0 amide bonds. The van der Waals surface area contributed by atoms with E-state index in [1.807, 2.05) is 0 Å². The molecule has 1 atom stereocenters. The number of aliphatic imine (C=N–C) groups is 1. The van der Waals surface area contributed by atoms with E-state index in [0.717, 1.165) is 12.8 Å². The van der Waals surface area contributed by atoms with E-state index in [9.17, 15) is 13.2 Å². The minimum absolute atomic E-state index is 0. The summed E-state index contributed by atoms with van der Waals surface area (Å²) in [6.45, 7) is 5.93. The van der Waals surface area contributed by atoms with Gasteiger partial charge in [0.15, 0.2) is 5.96 Å². The summed E-state index contributed by atoms with van der Waals surface area (Å²) in [5, 5.41) is 6.35. The predicted octanol–water partition coefficient (Wildman–Crippen LogP) is 3.95. The number of hydrogen-bond donors (Lipinski definition) is 2. The Morgan fingerprint density at radius 2 is 1.78 bits per heavy atom. The average Bonchev–Trinajstić information content (AvgIpc) is 2.39. The fraction of sp³-hybridized carbons (Fsp3) is 0.933. The van der Waals surface area contributed by atoms with Crippen LogP contribution in [0.4, 0.5) is 13.2 Å². The van der Waals surface area contributed by atoms with Gasteiger partial charge in [0.2, 0.25) is 0 Å². The Morgan fingerprint density at radius 3 is 2.30 bits per heavy atom. The van der Waals surface area contributed by atoms with Crippen LogP contribution >= 0.6 is 24.0 Å². The van der Waals surface area contributed by atoms with Crippen LogP contribution in [0.2, 0.25) is 0 Å². The standard InChI is InChI=1S/C15H30F3N3O.HI/c1-12(2)7-5-8-13(3)21-14(19-4)20-9-6-10-22-11-15(16,17)18;/h12-13H,5-11H2,1-4H3,(H2,19,20,21);1H. The Balaban J connectivity index is 0. The summed E-state index contributed by atoms with van der Waals surface area (Å²) in [4.78, 5) is 4.10. The maximum Gasteiger partial charge on any atom is 0.411 e. The molecular formula is C15H31F3IN3O. The van der Waals surface area contributed by atoms with E-state index in [1.54, 1.807) is 7.05 Å². The SMILES string of the molecule is CN=C(NCCCOCC(F)(F)F)NC(C)CCCC(C)C.I. The molecule has 1 unspecified atom stereocenters. The van der Waals surface area contributed by atoms with Crippen molar-refractivity contribution < 1.29 is 17.9 Å². The quantitative estimate of drug-likeness (QED) is 0.228. The predicted molar refractivity (Wildman–Crippen MR) is 99.6 cm³/mol. The molecular weight excluding hydrogens is 422 g/mol. The second-order valence-corrected chi connectivity index (χ2v) is 5.89. The number of nitrogens with zero attached hydrogens (tertiary/aromatic N) is 1. The molecule has 0 aromatic rings. The van der Waals surface area contributed by atoms with Crippen molar-refractivity contribution in [2.24, 2.45) is 10.9 Å². The highest BCUT2D eigenvalue weighted by Crippen LogP contribution is 2.14. The number of guanidine groups is 1. The fourth-order valence-corrected chi connectivity index (χ4v) is 1.90. The Bertz CT molecular complexity index is 313. The van der Waals surface area contributed by atoms with E-state index >= 15 is 0 Å². The third-order valence-electron chi connectivity index (χ3n) is 3.05. The van der Waals surface area contributed by atoms with Crippen molar-refractivity contribution in [2.45, 2.75) is 58.7 Å². The van der Waals surface area contributed by atoms with E-state index in [2.05, 4.69) is 41.1 Å². The molecule has 140 valence electrons. The van der Waals surface area contributed by atoms with Gasteiger partial charge in [0.1, 0.15) is 6.61 Å². The zero-order valence-electron chi connectivity index (χ0n) is 14.5. The molecule has 0 aromatic heterocycles. The molecule has 0 aliphatic heterocycles. The van der Waals surface area contributed by atoms with Gasteiger partial charge in [-0.25, -0.2) is 0 Å². The van der Waals surface area contributed by atoms with Crippen LogP contribution in [0, 0.1) is 5.92 Å². The molecule has 0 saturated carbocycles. The number of alkyl halides is 3. The maximum atomic E-state index is 11.9. The summed E-state index contributed by atoms with van der Waals surface area (Å²) in [7, 11) is 1.68. The molecule has 4 nitrogen and oxygen atoms in total. The minimum Gasteiger partial charge on any atom is -0.372 e. The molecule has 0 radical (unpaired) electrons. The molecule has 0 aliphatic rings. The summed E-state index contributed by atoms with van der Waals surface area (Å²) < 4.78 is 40.2. The smallest absolute Gasteiger partial charge is 0.372 e. The third kappa shape index (κ3) is 17.9. The van der Waals surface area contributed by atoms with E-state index in [-0.39, 0.29) is 30.6 Å². The van der Waals surface area contributed by atoms with Crippen LogP contribution in [0.5, 0.6) is 0 Å². The first-order valence-corrected chi connectivity index (χ1v) is 7.86. The van der Waals surface area contributed by atoms with E-state index in [1.165, 1.54) is 6.42 Å². The minimum atomic E-state index is -4.25. The lowest BCUT2D eigenvalue weighted by Crippen LogP contribution is -2.42. The summed E-state index contributed by atoms with van der Waals surface area (Å²) in [6.07, 6.45) is -0.328. The van der Waals surface area contributed by atoms with Gasteiger partial charge in [0.05, 0.1) is 0 Å². The van der Waals surface area contributed by atoms with E-state index < -0.39 is 12.8 Å². The van der Waals surface area contributed by atoms with Crippen molar-refractivity contribution in [2.75, 3.05) is 26.8 Å². The van der Waals surface area contributed by atoms with Gasteiger partial charge in [0.25, 0.3) is 0 Å². The Labute approximate surface area is 155 Å². The average molecular weight is 453 g/mol. The molecule has 23 heavy (non-hydrogen) atoms. The van der Waals surface area contributed by atoms with Crippen LogP contribution < -0.4 is 10.6 Å². The molecule has 0 fully saturated rings. The molecule has 0 saturated heterocycles. The second-order valence-electron chi connectivity index (χ2n) is 5.89. The molecule has 0 bridgehead atoms.